The van der Waals surface area contributed by atoms with Gasteiger partial charge in [-0.2, -0.15) is 5.10 Å². The lowest BCUT2D eigenvalue weighted by molar-refractivity contribution is -0.119. The van der Waals surface area contributed by atoms with Gasteiger partial charge in [0, 0.05) is 5.56 Å². The van der Waals surface area contributed by atoms with E-state index < -0.39 is 24.0 Å². The van der Waals surface area contributed by atoms with Crippen LogP contribution >= 0.6 is 0 Å². The summed E-state index contributed by atoms with van der Waals surface area (Å²) in [6.07, 6.45) is 0.0575. The van der Waals surface area contributed by atoms with Crippen LogP contribution < -0.4 is 15.1 Å². The number of amides is 1. The molecule has 1 aliphatic heterocycles. The summed E-state index contributed by atoms with van der Waals surface area (Å²) in [6, 6.07) is 12.2. The molecule has 0 aliphatic carbocycles. The Morgan fingerprint density at radius 1 is 1.26 bits per heavy atom. The van der Waals surface area contributed by atoms with Gasteiger partial charge in [0.05, 0.1) is 36.7 Å². The van der Waals surface area contributed by atoms with Crippen molar-refractivity contribution in [3.8, 4) is 5.75 Å². The topological polar surface area (TPSA) is 94.4 Å². The molecule has 1 unspecified atom stereocenters. The SMILES string of the molecule is COc1ccc(C2=NN(c3cccc(F)c3)C(O)C(C(=O)N[C@H](CO)C(C)C)=C2)cc1. The van der Waals surface area contributed by atoms with Crippen molar-refractivity contribution in [3.63, 3.8) is 0 Å². The highest BCUT2D eigenvalue weighted by atomic mass is 19.1. The molecule has 164 valence electrons. The molecule has 0 saturated heterocycles. The molecule has 0 bridgehead atoms. The molecule has 0 saturated carbocycles. The van der Waals surface area contributed by atoms with Crippen LogP contribution in [0.1, 0.15) is 19.4 Å². The van der Waals surface area contributed by atoms with E-state index in [9.17, 15) is 19.4 Å². The predicted molar refractivity (Wildman–Crippen MR) is 116 cm³/mol. The summed E-state index contributed by atoms with van der Waals surface area (Å²) in [6.45, 7) is 3.51. The minimum atomic E-state index is -1.43. The molecule has 2 aromatic carbocycles. The highest BCUT2D eigenvalue weighted by Crippen LogP contribution is 2.26. The Bertz CT molecular complexity index is 989. The molecular weight excluding hydrogens is 401 g/mol. The number of hydrogen-bond donors (Lipinski definition) is 3. The van der Waals surface area contributed by atoms with E-state index in [1.54, 1.807) is 37.4 Å². The van der Waals surface area contributed by atoms with E-state index in [4.69, 9.17) is 4.74 Å². The van der Waals surface area contributed by atoms with E-state index in [0.29, 0.717) is 22.7 Å². The maximum Gasteiger partial charge on any atom is 0.252 e. The molecule has 0 spiro atoms. The Labute approximate surface area is 180 Å². The number of allylic oxidation sites excluding steroid dienone is 1. The Morgan fingerprint density at radius 2 is 1.97 bits per heavy atom. The van der Waals surface area contributed by atoms with Gasteiger partial charge in [0.2, 0.25) is 0 Å². The van der Waals surface area contributed by atoms with Gasteiger partial charge in [-0.3, -0.25) is 4.79 Å². The molecule has 1 amide bonds. The predicted octanol–water partition coefficient (Wildman–Crippen LogP) is 2.44. The van der Waals surface area contributed by atoms with Crippen LogP contribution in [0.15, 0.2) is 65.3 Å². The van der Waals surface area contributed by atoms with Crippen LogP contribution in [0.4, 0.5) is 10.1 Å². The van der Waals surface area contributed by atoms with Gasteiger partial charge in [0.15, 0.2) is 6.23 Å². The number of hydrazone groups is 1. The number of methoxy groups -OCH3 is 1. The van der Waals surface area contributed by atoms with Crippen LogP contribution in [0.5, 0.6) is 5.75 Å². The van der Waals surface area contributed by atoms with Gasteiger partial charge in [0.1, 0.15) is 11.6 Å². The smallest absolute Gasteiger partial charge is 0.252 e. The lowest BCUT2D eigenvalue weighted by Gasteiger charge is -2.31. The third kappa shape index (κ3) is 5.10. The summed E-state index contributed by atoms with van der Waals surface area (Å²) in [5, 5.41) is 28.9. The number of ether oxygens (including phenoxy) is 1. The molecule has 0 fully saturated rings. The minimum absolute atomic E-state index is 0.00988. The van der Waals surface area contributed by atoms with Gasteiger partial charge < -0.3 is 20.3 Å². The fraction of sp³-hybridized carbons (Fsp3) is 0.304. The van der Waals surface area contributed by atoms with Gasteiger partial charge in [-0.1, -0.05) is 19.9 Å². The molecule has 2 atom stereocenters. The number of nitrogens with zero attached hydrogens (tertiary/aromatic N) is 2. The summed E-state index contributed by atoms with van der Waals surface area (Å²) >= 11 is 0. The molecule has 8 heteroatoms. The number of carbonyl (C=O) groups excluding carboxylic acids is 1. The maximum absolute atomic E-state index is 13.8. The van der Waals surface area contributed by atoms with Crippen LogP contribution in [0.3, 0.4) is 0 Å². The van der Waals surface area contributed by atoms with E-state index in [2.05, 4.69) is 10.4 Å². The number of carbonyl (C=O) groups is 1. The van der Waals surface area contributed by atoms with Crippen molar-refractivity contribution in [3.05, 3.63) is 71.6 Å². The van der Waals surface area contributed by atoms with Crippen LogP contribution in [0.2, 0.25) is 0 Å². The summed E-state index contributed by atoms with van der Waals surface area (Å²) in [5.41, 5.74) is 1.41. The number of benzene rings is 2. The summed E-state index contributed by atoms with van der Waals surface area (Å²) in [4.78, 5) is 13.0. The van der Waals surface area contributed by atoms with Gasteiger partial charge in [-0.15, -0.1) is 0 Å². The molecule has 0 radical (unpaired) electrons. The van der Waals surface area contributed by atoms with Crippen molar-refractivity contribution in [1.29, 1.82) is 0 Å². The summed E-state index contributed by atoms with van der Waals surface area (Å²) < 4.78 is 19.0. The van der Waals surface area contributed by atoms with E-state index in [1.807, 2.05) is 13.8 Å². The van der Waals surface area contributed by atoms with Crippen LogP contribution in [-0.2, 0) is 4.79 Å². The zero-order chi connectivity index (χ0) is 22.5. The number of nitrogens with one attached hydrogen (secondary N) is 1. The van der Waals surface area contributed by atoms with Crippen molar-refractivity contribution < 1.29 is 24.1 Å². The van der Waals surface area contributed by atoms with Gasteiger partial charge in [-0.05, 0) is 54.5 Å². The second kappa shape index (κ2) is 9.72. The lowest BCUT2D eigenvalue weighted by Crippen LogP contribution is -2.47. The molecule has 31 heavy (non-hydrogen) atoms. The minimum Gasteiger partial charge on any atom is -0.497 e. The number of aliphatic hydroxyl groups is 2. The van der Waals surface area contributed by atoms with Gasteiger partial charge in [0.25, 0.3) is 5.91 Å². The molecule has 7 nitrogen and oxygen atoms in total. The standard InChI is InChI=1S/C23H26FN3O4/c1-14(2)21(13-28)25-22(29)19-12-20(15-7-9-18(31-3)10-8-15)26-27(23(19)30)17-6-4-5-16(24)11-17/h4-12,14,21,23,28,30H,13H2,1-3H3,(H,25,29)/t21-,23?/m1/s1. The highest BCUT2D eigenvalue weighted by Gasteiger charge is 2.31. The molecule has 3 rings (SSSR count). The number of aliphatic hydroxyl groups excluding tert-OH is 2. The summed E-state index contributed by atoms with van der Waals surface area (Å²) in [7, 11) is 1.56. The first-order valence-corrected chi connectivity index (χ1v) is 9.93. The van der Waals surface area contributed by atoms with Crippen molar-refractivity contribution >= 4 is 17.3 Å². The Hall–Kier alpha value is -3.23. The van der Waals surface area contributed by atoms with Crippen molar-refractivity contribution in [2.75, 3.05) is 18.7 Å². The van der Waals surface area contributed by atoms with Crippen molar-refractivity contribution in [2.24, 2.45) is 11.0 Å². The molecule has 1 heterocycles. The van der Waals surface area contributed by atoms with Crippen LogP contribution in [-0.4, -0.2) is 47.8 Å². The van der Waals surface area contributed by atoms with Crippen molar-refractivity contribution in [1.82, 2.24) is 5.32 Å². The zero-order valence-electron chi connectivity index (χ0n) is 17.6. The van der Waals surface area contributed by atoms with Crippen LogP contribution in [0, 0.1) is 11.7 Å². The number of anilines is 1. The van der Waals surface area contributed by atoms with E-state index in [-0.39, 0.29) is 18.1 Å². The first-order valence-electron chi connectivity index (χ1n) is 9.93. The number of hydrogen-bond acceptors (Lipinski definition) is 6. The van der Waals surface area contributed by atoms with Crippen LogP contribution in [0.25, 0.3) is 0 Å². The summed E-state index contributed by atoms with van der Waals surface area (Å²) in [5.74, 6) is -0.384. The van der Waals surface area contributed by atoms with Crippen molar-refractivity contribution in [2.45, 2.75) is 26.1 Å². The molecule has 2 aromatic rings. The van der Waals surface area contributed by atoms with Gasteiger partial charge in [-0.25, -0.2) is 9.40 Å². The van der Waals surface area contributed by atoms with E-state index >= 15 is 0 Å². The third-order valence-corrected chi connectivity index (χ3v) is 5.06. The molecule has 3 N–H and O–H groups in total. The molecular formula is C23H26FN3O4. The number of rotatable bonds is 7. The largest absolute Gasteiger partial charge is 0.497 e. The third-order valence-electron chi connectivity index (χ3n) is 5.06. The fourth-order valence-electron chi connectivity index (χ4n) is 3.13. The van der Waals surface area contributed by atoms with Gasteiger partial charge >= 0.3 is 0 Å². The first kappa shape index (κ1) is 22.5. The second-order valence-corrected chi connectivity index (χ2v) is 7.52. The monoisotopic (exact) mass is 427 g/mol. The van der Waals surface area contributed by atoms with E-state index in [1.165, 1.54) is 29.3 Å². The lowest BCUT2D eigenvalue weighted by atomic mass is 10.0. The maximum atomic E-state index is 13.8. The molecule has 0 aromatic heterocycles. The second-order valence-electron chi connectivity index (χ2n) is 7.52. The highest BCUT2D eigenvalue weighted by molar-refractivity contribution is 6.14. The fourth-order valence-corrected chi connectivity index (χ4v) is 3.13. The average Bonchev–Trinajstić information content (AvgIpc) is 2.77. The number of halogens is 1. The zero-order valence-corrected chi connectivity index (χ0v) is 17.6. The van der Waals surface area contributed by atoms with E-state index in [0.717, 1.165) is 0 Å². The normalized spacial score (nSPS) is 17.1. The molecule has 1 aliphatic rings. The first-order chi connectivity index (χ1) is 14.8. The Kier molecular flexibility index (Phi) is 7.04. The Morgan fingerprint density at radius 3 is 2.55 bits per heavy atom. The quantitative estimate of drug-likeness (QED) is 0.631. The Balaban J connectivity index is 2.02. The average molecular weight is 427 g/mol.